The fraction of sp³-hybridized carbons (Fsp3) is 0.857. The molecule has 2 atom stereocenters. The number of hydrogen-bond donors (Lipinski definition) is 2. The fourth-order valence-electron chi connectivity index (χ4n) is 0.591. The third-order valence-corrected chi connectivity index (χ3v) is 2.98. The van der Waals surface area contributed by atoms with E-state index in [0.29, 0.717) is 5.25 Å². The van der Waals surface area contributed by atoms with Gasteiger partial charge in [0, 0.05) is 11.8 Å². The predicted octanol–water partition coefficient (Wildman–Crippen LogP) is 0.930. The van der Waals surface area contributed by atoms with Crippen molar-refractivity contribution in [2.45, 2.75) is 30.8 Å². The molecule has 0 fully saturated rings. The van der Waals surface area contributed by atoms with Crippen molar-refractivity contribution in [1.82, 2.24) is 0 Å². The van der Waals surface area contributed by atoms with Gasteiger partial charge in [-0.3, -0.25) is 4.79 Å². The average molecular weight is 177 g/mol. The molecule has 0 bridgehead atoms. The van der Waals surface area contributed by atoms with Crippen molar-refractivity contribution in [3.05, 3.63) is 0 Å². The normalized spacial score (nSPS) is 15.9. The molecule has 0 aromatic heterocycles. The molecule has 66 valence electrons. The van der Waals surface area contributed by atoms with Crippen molar-refractivity contribution < 1.29 is 9.90 Å². The van der Waals surface area contributed by atoms with E-state index in [9.17, 15) is 4.79 Å². The minimum absolute atomic E-state index is 0.213. The molecule has 11 heavy (non-hydrogen) atoms. The summed E-state index contributed by atoms with van der Waals surface area (Å²) in [4.78, 5) is 10.5. The van der Waals surface area contributed by atoms with Crippen molar-refractivity contribution in [3.8, 4) is 0 Å². The molecule has 3 N–H and O–H groups in total. The first kappa shape index (κ1) is 10.8. The van der Waals surface area contributed by atoms with Crippen LogP contribution >= 0.6 is 11.8 Å². The molecule has 0 aliphatic carbocycles. The van der Waals surface area contributed by atoms with Gasteiger partial charge in [-0.15, -0.1) is 11.8 Å². The quantitative estimate of drug-likeness (QED) is 0.655. The van der Waals surface area contributed by atoms with Gasteiger partial charge in [-0.1, -0.05) is 13.8 Å². The SMILES string of the molecule is CCC(C)SC(CN)C(=O)O. The Bertz CT molecular complexity index is 130. The zero-order valence-electron chi connectivity index (χ0n) is 6.91. The summed E-state index contributed by atoms with van der Waals surface area (Å²) in [6, 6.07) is 0. The summed E-state index contributed by atoms with van der Waals surface area (Å²) >= 11 is 1.43. The van der Waals surface area contributed by atoms with Crippen LogP contribution in [0.1, 0.15) is 20.3 Å². The van der Waals surface area contributed by atoms with Gasteiger partial charge in [0.05, 0.1) is 0 Å². The number of carboxylic acid groups (broad SMARTS) is 1. The van der Waals surface area contributed by atoms with Gasteiger partial charge in [-0.05, 0) is 6.42 Å². The second-order valence-electron chi connectivity index (χ2n) is 2.42. The first-order valence-corrected chi connectivity index (χ1v) is 4.64. The van der Waals surface area contributed by atoms with E-state index in [1.165, 1.54) is 11.8 Å². The van der Waals surface area contributed by atoms with Crippen LogP contribution < -0.4 is 5.73 Å². The lowest BCUT2D eigenvalue weighted by Crippen LogP contribution is -2.27. The highest BCUT2D eigenvalue weighted by atomic mass is 32.2. The summed E-state index contributed by atoms with van der Waals surface area (Å²) in [5.41, 5.74) is 5.28. The molecule has 0 saturated carbocycles. The van der Waals surface area contributed by atoms with E-state index in [4.69, 9.17) is 10.8 Å². The molecule has 0 spiro atoms. The molecule has 0 aliphatic rings. The Morgan fingerprint density at radius 2 is 2.27 bits per heavy atom. The van der Waals surface area contributed by atoms with Crippen LogP contribution in [-0.4, -0.2) is 28.1 Å². The summed E-state index contributed by atoms with van der Waals surface area (Å²) in [6.07, 6.45) is 0.981. The molecule has 0 heterocycles. The van der Waals surface area contributed by atoms with Gasteiger partial charge in [-0.25, -0.2) is 0 Å². The van der Waals surface area contributed by atoms with Gasteiger partial charge < -0.3 is 10.8 Å². The lowest BCUT2D eigenvalue weighted by molar-refractivity contribution is -0.136. The molecule has 0 saturated heterocycles. The van der Waals surface area contributed by atoms with Crippen molar-refractivity contribution in [1.29, 1.82) is 0 Å². The van der Waals surface area contributed by atoms with Crippen LogP contribution in [0.25, 0.3) is 0 Å². The Labute approximate surface area is 71.3 Å². The first-order valence-electron chi connectivity index (χ1n) is 3.70. The van der Waals surface area contributed by atoms with E-state index in [1.807, 2.05) is 13.8 Å². The Morgan fingerprint density at radius 1 is 1.73 bits per heavy atom. The summed E-state index contributed by atoms with van der Waals surface area (Å²) in [5, 5.41) is 8.55. The lowest BCUT2D eigenvalue weighted by atomic mass is 10.4. The van der Waals surface area contributed by atoms with Crippen molar-refractivity contribution in [2.75, 3.05) is 6.54 Å². The van der Waals surface area contributed by atoms with Crippen LogP contribution in [0.2, 0.25) is 0 Å². The minimum atomic E-state index is -0.808. The van der Waals surface area contributed by atoms with Crippen LogP contribution in [0.5, 0.6) is 0 Å². The molecule has 4 heteroatoms. The molecular formula is C7H15NO2S. The van der Waals surface area contributed by atoms with E-state index in [2.05, 4.69) is 0 Å². The van der Waals surface area contributed by atoms with E-state index >= 15 is 0 Å². The summed E-state index contributed by atoms with van der Waals surface area (Å²) in [6.45, 7) is 4.26. The maximum absolute atomic E-state index is 10.5. The third-order valence-electron chi connectivity index (χ3n) is 1.46. The van der Waals surface area contributed by atoms with E-state index in [0.717, 1.165) is 6.42 Å². The van der Waals surface area contributed by atoms with Crippen molar-refractivity contribution in [3.63, 3.8) is 0 Å². The van der Waals surface area contributed by atoms with Crippen molar-refractivity contribution >= 4 is 17.7 Å². The van der Waals surface area contributed by atoms with Crippen LogP contribution in [-0.2, 0) is 4.79 Å². The molecule has 3 nitrogen and oxygen atoms in total. The highest BCUT2D eigenvalue weighted by Gasteiger charge is 2.17. The molecule has 0 radical (unpaired) electrons. The monoisotopic (exact) mass is 177 g/mol. The van der Waals surface area contributed by atoms with Crippen LogP contribution in [0.4, 0.5) is 0 Å². The third kappa shape index (κ3) is 4.27. The Balaban J connectivity index is 3.77. The lowest BCUT2D eigenvalue weighted by Gasteiger charge is -2.13. The first-order chi connectivity index (χ1) is 5.11. The number of hydrogen-bond acceptors (Lipinski definition) is 3. The maximum Gasteiger partial charge on any atom is 0.317 e. The summed E-state index contributed by atoms with van der Waals surface area (Å²) < 4.78 is 0. The van der Waals surface area contributed by atoms with Gasteiger partial charge in [0.2, 0.25) is 0 Å². The van der Waals surface area contributed by atoms with Crippen LogP contribution in [0.15, 0.2) is 0 Å². The van der Waals surface area contributed by atoms with Gasteiger partial charge in [0.15, 0.2) is 0 Å². The molecule has 0 amide bonds. The Kier molecular flexibility index (Phi) is 5.32. The number of thioether (sulfide) groups is 1. The number of carbonyl (C=O) groups is 1. The van der Waals surface area contributed by atoms with E-state index in [1.54, 1.807) is 0 Å². The average Bonchev–Trinajstić information content (AvgIpc) is 1.99. The second kappa shape index (κ2) is 5.43. The van der Waals surface area contributed by atoms with Gasteiger partial charge in [-0.2, -0.15) is 0 Å². The van der Waals surface area contributed by atoms with Gasteiger partial charge in [0.25, 0.3) is 0 Å². The smallest absolute Gasteiger partial charge is 0.317 e. The Morgan fingerprint density at radius 3 is 2.55 bits per heavy atom. The number of aliphatic carboxylic acids is 1. The zero-order valence-corrected chi connectivity index (χ0v) is 7.73. The zero-order chi connectivity index (χ0) is 8.85. The topological polar surface area (TPSA) is 63.3 Å². The molecule has 2 unspecified atom stereocenters. The molecule has 0 aliphatic heterocycles. The number of carboxylic acids is 1. The minimum Gasteiger partial charge on any atom is -0.480 e. The fourth-order valence-corrected chi connectivity index (χ4v) is 1.57. The molecule has 0 aromatic rings. The molecular weight excluding hydrogens is 162 g/mol. The molecule has 0 aromatic carbocycles. The summed E-state index contributed by atoms with van der Waals surface area (Å²) in [7, 11) is 0. The van der Waals surface area contributed by atoms with Crippen LogP contribution in [0, 0.1) is 0 Å². The molecule has 0 rings (SSSR count). The standard InChI is InChI=1S/C7H15NO2S/c1-3-5(2)11-6(4-8)7(9)10/h5-6H,3-4,8H2,1-2H3,(H,9,10). The Hall–Kier alpha value is -0.220. The highest BCUT2D eigenvalue weighted by molar-refractivity contribution is 8.01. The summed E-state index contributed by atoms with van der Waals surface area (Å²) in [5.74, 6) is -0.808. The predicted molar refractivity (Wildman–Crippen MR) is 47.8 cm³/mol. The highest BCUT2D eigenvalue weighted by Crippen LogP contribution is 2.19. The second-order valence-corrected chi connectivity index (χ2v) is 4.06. The number of rotatable bonds is 5. The van der Waals surface area contributed by atoms with Gasteiger partial charge >= 0.3 is 5.97 Å². The maximum atomic E-state index is 10.5. The van der Waals surface area contributed by atoms with Crippen LogP contribution in [0.3, 0.4) is 0 Å². The largest absolute Gasteiger partial charge is 0.480 e. The van der Waals surface area contributed by atoms with E-state index < -0.39 is 11.2 Å². The van der Waals surface area contributed by atoms with Crippen molar-refractivity contribution in [2.24, 2.45) is 5.73 Å². The van der Waals surface area contributed by atoms with E-state index in [-0.39, 0.29) is 6.54 Å². The van der Waals surface area contributed by atoms with Gasteiger partial charge in [0.1, 0.15) is 5.25 Å². The number of nitrogens with two attached hydrogens (primary N) is 1.